The van der Waals surface area contributed by atoms with Crippen LogP contribution in [-0.4, -0.2) is 54.2 Å². The highest BCUT2D eigenvalue weighted by Crippen LogP contribution is 2.23. The number of nitrogens with one attached hydrogen (secondary N) is 1. The normalized spacial score (nSPS) is 21.4. The lowest BCUT2D eigenvalue weighted by molar-refractivity contribution is -0.132. The molecule has 2 rings (SSSR count). The van der Waals surface area contributed by atoms with Crippen molar-refractivity contribution in [3.05, 3.63) is 28.8 Å². The fraction of sp³-hybridized carbons (Fsp3) is 0.467. The van der Waals surface area contributed by atoms with Crippen LogP contribution in [0.1, 0.15) is 23.7 Å². The zero-order valence-electron chi connectivity index (χ0n) is 12.5. The predicted molar refractivity (Wildman–Crippen MR) is 82.1 cm³/mol. The summed E-state index contributed by atoms with van der Waals surface area (Å²) < 4.78 is 5.15. The number of piperidine rings is 1. The van der Waals surface area contributed by atoms with Gasteiger partial charge >= 0.3 is 0 Å². The van der Waals surface area contributed by atoms with Gasteiger partial charge in [-0.25, -0.2) is 0 Å². The number of aliphatic hydroxyl groups excluding tert-OH is 1. The van der Waals surface area contributed by atoms with Gasteiger partial charge in [0.15, 0.2) is 0 Å². The van der Waals surface area contributed by atoms with Crippen molar-refractivity contribution in [3.8, 4) is 5.75 Å². The number of rotatable bonds is 3. The molecule has 0 aromatic heterocycles. The Morgan fingerprint density at radius 3 is 2.77 bits per heavy atom. The van der Waals surface area contributed by atoms with Gasteiger partial charge in [-0.3, -0.25) is 9.59 Å². The lowest BCUT2D eigenvalue weighted by atomic mass is 10.0. The quantitative estimate of drug-likeness (QED) is 0.870. The van der Waals surface area contributed by atoms with Crippen molar-refractivity contribution in [2.75, 3.05) is 20.2 Å². The van der Waals surface area contributed by atoms with Gasteiger partial charge in [-0.15, -0.1) is 0 Å². The monoisotopic (exact) mass is 326 g/mol. The standard InChI is InChI=1S/C15H19ClN2O4/c1-9(19)18-6-5-12(13(20)8-18)17-15(21)11-4-3-10(16)7-14(11)22-2/h3-4,7,12-13,20H,5-6,8H2,1-2H3,(H,17,21)/t12-,13-/m1/s1. The Labute approximate surface area is 134 Å². The zero-order valence-corrected chi connectivity index (χ0v) is 13.3. The molecule has 1 saturated heterocycles. The lowest BCUT2D eigenvalue weighted by Gasteiger charge is -2.35. The molecule has 7 heteroatoms. The van der Waals surface area contributed by atoms with Crippen molar-refractivity contribution in [3.63, 3.8) is 0 Å². The van der Waals surface area contributed by atoms with Crippen molar-refractivity contribution < 1.29 is 19.4 Å². The van der Waals surface area contributed by atoms with Crippen molar-refractivity contribution in [1.82, 2.24) is 10.2 Å². The molecule has 2 amide bonds. The summed E-state index contributed by atoms with van der Waals surface area (Å²) in [5.74, 6) is -0.0438. The van der Waals surface area contributed by atoms with Gasteiger partial charge in [-0.2, -0.15) is 0 Å². The molecule has 2 atom stereocenters. The van der Waals surface area contributed by atoms with E-state index in [1.165, 1.54) is 14.0 Å². The first-order valence-electron chi connectivity index (χ1n) is 7.00. The maximum Gasteiger partial charge on any atom is 0.255 e. The van der Waals surface area contributed by atoms with Crippen LogP contribution in [-0.2, 0) is 4.79 Å². The number of nitrogens with zero attached hydrogens (tertiary/aromatic N) is 1. The minimum absolute atomic E-state index is 0.0804. The second-order valence-electron chi connectivity index (χ2n) is 5.25. The number of carbonyl (C=O) groups is 2. The number of aliphatic hydroxyl groups is 1. The second kappa shape index (κ2) is 6.98. The van der Waals surface area contributed by atoms with Gasteiger partial charge in [0.05, 0.1) is 24.8 Å². The first-order chi connectivity index (χ1) is 10.4. The summed E-state index contributed by atoms with van der Waals surface area (Å²) in [5, 5.41) is 13.4. The van der Waals surface area contributed by atoms with E-state index in [1.54, 1.807) is 23.1 Å². The van der Waals surface area contributed by atoms with E-state index in [2.05, 4.69) is 5.32 Å². The molecule has 1 aliphatic rings. The summed E-state index contributed by atoms with van der Waals surface area (Å²) in [5.41, 5.74) is 0.355. The highest BCUT2D eigenvalue weighted by atomic mass is 35.5. The molecule has 22 heavy (non-hydrogen) atoms. The molecular formula is C15H19ClN2O4. The molecule has 0 unspecified atom stereocenters. The number of β-amino-alcohol motifs (C(OH)–C–C–N with tert-alkyl or cyclic N) is 1. The molecule has 2 N–H and O–H groups in total. The van der Waals surface area contributed by atoms with Gasteiger partial charge < -0.3 is 20.1 Å². The van der Waals surface area contributed by atoms with Gasteiger partial charge in [0.2, 0.25) is 5.91 Å². The first kappa shape index (κ1) is 16.6. The molecule has 1 heterocycles. The van der Waals surface area contributed by atoms with E-state index < -0.39 is 12.1 Å². The van der Waals surface area contributed by atoms with E-state index in [9.17, 15) is 14.7 Å². The van der Waals surface area contributed by atoms with Crippen molar-refractivity contribution in [1.29, 1.82) is 0 Å². The molecule has 120 valence electrons. The third kappa shape index (κ3) is 3.69. The third-order valence-electron chi connectivity index (χ3n) is 3.75. The first-order valence-corrected chi connectivity index (χ1v) is 7.38. The highest BCUT2D eigenvalue weighted by molar-refractivity contribution is 6.30. The van der Waals surface area contributed by atoms with Gasteiger partial charge in [0.1, 0.15) is 5.75 Å². The summed E-state index contributed by atoms with van der Waals surface area (Å²) in [6.07, 6.45) is -0.289. The average Bonchev–Trinajstić information content (AvgIpc) is 2.48. The third-order valence-corrected chi connectivity index (χ3v) is 3.99. The Morgan fingerprint density at radius 2 is 2.18 bits per heavy atom. The van der Waals surface area contributed by atoms with E-state index >= 15 is 0 Å². The second-order valence-corrected chi connectivity index (χ2v) is 5.68. The topological polar surface area (TPSA) is 78.9 Å². The number of halogens is 1. The molecule has 1 aromatic carbocycles. The predicted octanol–water partition coefficient (Wildman–Crippen LogP) is 1.06. The van der Waals surface area contributed by atoms with Crippen molar-refractivity contribution in [2.24, 2.45) is 0 Å². The number of hydrogen-bond donors (Lipinski definition) is 2. The zero-order chi connectivity index (χ0) is 16.3. The van der Waals surface area contributed by atoms with Crippen LogP contribution in [0.15, 0.2) is 18.2 Å². The fourth-order valence-electron chi connectivity index (χ4n) is 2.48. The maximum absolute atomic E-state index is 12.3. The van der Waals surface area contributed by atoms with E-state index in [0.29, 0.717) is 29.3 Å². The molecular weight excluding hydrogens is 308 g/mol. The molecule has 0 radical (unpaired) electrons. The number of methoxy groups -OCH3 is 1. The van der Waals surface area contributed by atoms with E-state index in [4.69, 9.17) is 16.3 Å². The van der Waals surface area contributed by atoms with Crippen LogP contribution in [0.25, 0.3) is 0 Å². The molecule has 1 aromatic rings. The number of ether oxygens (including phenoxy) is 1. The van der Waals surface area contributed by atoms with E-state index in [1.807, 2.05) is 0 Å². The summed E-state index contributed by atoms with van der Waals surface area (Å²) >= 11 is 5.87. The molecule has 0 spiro atoms. The van der Waals surface area contributed by atoms with Crippen LogP contribution >= 0.6 is 11.6 Å². The average molecular weight is 327 g/mol. The van der Waals surface area contributed by atoms with Crippen LogP contribution < -0.4 is 10.1 Å². The summed E-state index contributed by atoms with van der Waals surface area (Å²) in [4.78, 5) is 25.2. The minimum atomic E-state index is -0.792. The number of hydrogen-bond acceptors (Lipinski definition) is 4. The number of likely N-dealkylation sites (tertiary alicyclic amines) is 1. The Morgan fingerprint density at radius 1 is 1.45 bits per heavy atom. The van der Waals surface area contributed by atoms with Crippen LogP contribution in [0.5, 0.6) is 5.75 Å². The number of amides is 2. The number of carbonyl (C=O) groups excluding carboxylic acids is 2. The van der Waals surface area contributed by atoms with Crippen molar-refractivity contribution in [2.45, 2.75) is 25.5 Å². The molecule has 0 aliphatic carbocycles. The molecule has 6 nitrogen and oxygen atoms in total. The van der Waals surface area contributed by atoms with Crippen LogP contribution in [0, 0.1) is 0 Å². The summed E-state index contributed by atoms with van der Waals surface area (Å²) in [6, 6.07) is 4.34. The Kier molecular flexibility index (Phi) is 5.26. The van der Waals surface area contributed by atoms with Crippen molar-refractivity contribution >= 4 is 23.4 Å². The maximum atomic E-state index is 12.3. The molecule has 0 bridgehead atoms. The summed E-state index contributed by atoms with van der Waals surface area (Å²) in [6.45, 7) is 2.19. The van der Waals surface area contributed by atoms with Gasteiger partial charge in [0, 0.05) is 25.0 Å². The summed E-state index contributed by atoms with van der Waals surface area (Å²) in [7, 11) is 1.46. The largest absolute Gasteiger partial charge is 0.496 e. The fourth-order valence-corrected chi connectivity index (χ4v) is 2.65. The minimum Gasteiger partial charge on any atom is -0.496 e. The Hall–Kier alpha value is -1.79. The number of benzene rings is 1. The Balaban J connectivity index is 2.05. The van der Waals surface area contributed by atoms with Gasteiger partial charge in [-0.1, -0.05) is 11.6 Å². The molecule has 1 fully saturated rings. The SMILES string of the molecule is COc1cc(Cl)ccc1C(=O)N[C@@H]1CCN(C(C)=O)C[C@H]1O. The van der Waals surface area contributed by atoms with E-state index in [-0.39, 0.29) is 18.4 Å². The van der Waals surface area contributed by atoms with Crippen LogP contribution in [0.3, 0.4) is 0 Å². The molecule has 0 saturated carbocycles. The molecule has 1 aliphatic heterocycles. The highest BCUT2D eigenvalue weighted by Gasteiger charge is 2.30. The van der Waals surface area contributed by atoms with Gasteiger partial charge in [-0.05, 0) is 24.6 Å². The van der Waals surface area contributed by atoms with Crippen LogP contribution in [0.4, 0.5) is 0 Å². The van der Waals surface area contributed by atoms with E-state index in [0.717, 1.165) is 0 Å². The van der Waals surface area contributed by atoms with Crippen LogP contribution in [0.2, 0.25) is 5.02 Å². The lowest BCUT2D eigenvalue weighted by Crippen LogP contribution is -2.55. The van der Waals surface area contributed by atoms with Gasteiger partial charge in [0.25, 0.3) is 5.91 Å². The smallest absolute Gasteiger partial charge is 0.255 e. The Bertz CT molecular complexity index is 579.